The molecule has 7 heteroatoms. The molecule has 0 spiro atoms. The van der Waals surface area contributed by atoms with Gasteiger partial charge in [-0.25, -0.2) is 14.3 Å². The first-order chi connectivity index (χ1) is 12.9. The molecule has 2 aromatic heterocycles. The predicted molar refractivity (Wildman–Crippen MR) is 104 cm³/mol. The summed E-state index contributed by atoms with van der Waals surface area (Å²) >= 11 is 0. The van der Waals surface area contributed by atoms with Crippen molar-refractivity contribution in [1.29, 1.82) is 0 Å². The molecule has 0 atom stereocenters. The first-order valence-electron chi connectivity index (χ1n) is 9.01. The van der Waals surface area contributed by atoms with Crippen LogP contribution in [0, 0.1) is 6.92 Å². The molecule has 7 nitrogen and oxygen atoms in total. The fourth-order valence-electron chi connectivity index (χ4n) is 2.95. The predicted octanol–water partition coefficient (Wildman–Crippen LogP) is 2.92. The van der Waals surface area contributed by atoms with Gasteiger partial charge in [0.15, 0.2) is 5.65 Å². The number of rotatable bonds is 6. The molecular formula is C20H24N4O3. The highest BCUT2D eigenvalue weighted by Gasteiger charge is 2.18. The molecule has 0 fully saturated rings. The number of esters is 1. The maximum Gasteiger partial charge on any atom is 0.343 e. The van der Waals surface area contributed by atoms with Crippen LogP contribution in [0.3, 0.4) is 0 Å². The van der Waals surface area contributed by atoms with Gasteiger partial charge in [-0.2, -0.15) is 0 Å². The first-order valence-corrected chi connectivity index (χ1v) is 9.01. The first kappa shape index (κ1) is 18.7. The molecule has 0 bridgehead atoms. The lowest BCUT2D eigenvalue weighted by atomic mass is 10.2. The lowest BCUT2D eigenvalue weighted by molar-refractivity contribution is 0.0528. The van der Waals surface area contributed by atoms with Crippen molar-refractivity contribution < 1.29 is 9.53 Å². The van der Waals surface area contributed by atoms with E-state index in [1.807, 2.05) is 6.92 Å². The Hall–Kier alpha value is -3.09. The van der Waals surface area contributed by atoms with Crippen molar-refractivity contribution in [3.05, 3.63) is 63.7 Å². The Labute approximate surface area is 157 Å². The normalized spacial score (nSPS) is 11.1. The number of carbonyl (C=O) groups is 1. The number of fused-ring (bicyclic) bond motifs is 1. The fraction of sp³-hybridized carbons (Fsp3) is 0.350. The molecule has 0 aliphatic carbocycles. The number of aromatic nitrogens is 3. The number of nitrogens with zero attached hydrogens (tertiary/aromatic N) is 3. The highest BCUT2D eigenvalue weighted by molar-refractivity contribution is 5.95. The largest absolute Gasteiger partial charge is 0.462 e. The molecule has 0 saturated carbocycles. The van der Waals surface area contributed by atoms with Crippen LogP contribution in [0.2, 0.25) is 0 Å². The fourth-order valence-corrected chi connectivity index (χ4v) is 2.95. The Morgan fingerprint density at radius 2 is 2.00 bits per heavy atom. The number of aryl methyl sites for hydroxylation is 1. The van der Waals surface area contributed by atoms with E-state index in [1.165, 1.54) is 22.3 Å². The van der Waals surface area contributed by atoms with Gasteiger partial charge in [0, 0.05) is 24.0 Å². The summed E-state index contributed by atoms with van der Waals surface area (Å²) < 4.78 is 6.30. The molecule has 0 unspecified atom stereocenters. The van der Waals surface area contributed by atoms with Crippen LogP contribution in [0.4, 0.5) is 5.69 Å². The van der Waals surface area contributed by atoms with Crippen molar-refractivity contribution in [3.63, 3.8) is 0 Å². The number of hydrogen-bond donors (Lipinski definition) is 1. The molecule has 2 heterocycles. The maximum absolute atomic E-state index is 12.4. The highest BCUT2D eigenvalue weighted by atomic mass is 16.5. The van der Waals surface area contributed by atoms with Gasteiger partial charge < -0.3 is 9.64 Å². The SMILES string of the molecule is CCOC(=O)c1c[nH]n2c(=O)cc(CN(c3ccc(C)cc3)C(C)C)nc12. The van der Waals surface area contributed by atoms with Crippen LogP contribution in [0.1, 0.15) is 42.4 Å². The van der Waals surface area contributed by atoms with Crippen LogP contribution in [-0.4, -0.2) is 33.2 Å². The van der Waals surface area contributed by atoms with E-state index in [2.05, 4.69) is 53.1 Å². The van der Waals surface area contributed by atoms with Gasteiger partial charge in [-0.3, -0.25) is 9.89 Å². The number of ether oxygens (including phenoxy) is 1. The Kier molecular flexibility index (Phi) is 5.30. The molecule has 0 radical (unpaired) electrons. The zero-order chi connectivity index (χ0) is 19.6. The molecule has 0 aliphatic heterocycles. The van der Waals surface area contributed by atoms with Gasteiger partial charge in [0.05, 0.1) is 18.8 Å². The third kappa shape index (κ3) is 3.86. The highest BCUT2D eigenvalue weighted by Crippen LogP contribution is 2.20. The van der Waals surface area contributed by atoms with Crippen molar-refractivity contribution >= 4 is 17.3 Å². The second-order valence-electron chi connectivity index (χ2n) is 6.71. The molecule has 0 amide bonds. The Morgan fingerprint density at radius 1 is 1.30 bits per heavy atom. The van der Waals surface area contributed by atoms with Crippen LogP contribution in [-0.2, 0) is 11.3 Å². The molecule has 3 aromatic rings. The van der Waals surface area contributed by atoms with Crippen molar-refractivity contribution in [2.75, 3.05) is 11.5 Å². The molecule has 1 N–H and O–H groups in total. The summed E-state index contributed by atoms with van der Waals surface area (Å²) in [6.45, 7) is 8.67. The molecule has 142 valence electrons. The van der Waals surface area contributed by atoms with Crippen molar-refractivity contribution in [1.82, 2.24) is 14.6 Å². The quantitative estimate of drug-likeness (QED) is 0.677. The molecule has 3 rings (SSSR count). The van der Waals surface area contributed by atoms with E-state index in [-0.39, 0.29) is 29.4 Å². The summed E-state index contributed by atoms with van der Waals surface area (Å²) in [7, 11) is 0. The Balaban J connectivity index is 2.00. The average molecular weight is 368 g/mol. The molecular weight excluding hydrogens is 344 g/mol. The molecule has 0 saturated heterocycles. The second-order valence-corrected chi connectivity index (χ2v) is 6.71. The van der Waals surface area contributed by atoms with Crippen molar-refractivity contribution in [2.45, 2.75) is 40.3 Å². The van der Waals surface area contributed by atoms with E-state index < -0.39 is 5.97 Å². The lowest BCUT2D eigenvalue weighted by Crippen LogP contribution is -2.31. The van der Waals surface area contributed by atoms with Gasteiger partial charge in [-0.15, -0.1) is 0 Å². The Morgan fingerprint density at radius 3 is 2.63 bits per heavy atom. The zero-order valence-corrected chi connectivity index (χ0v) is 16.0. The average Bonchev–Trinajstić information content (AvgIpc) is 3.05. The molecule has 0 aliphatic rings. The van der Waals surface area contributed by atoms with E-state index >= 15 is 0 Å². The number of aromatic amines is 1. The summed E-state index contributed by atoms with van der Waals surface area (Å²) in [6, 6.07) is 9.93. The minimum absolute atomic E-state index is 0.212. The number of benzene rings is 1. The van der Waals surface area contributed by atoms with E-state index in [9.17, 15) is 9.59 Å². The second kappa shape index (κ2) is 7.65. The smallest absolute Gasteiger partial charge is 0.343 e. The summed E-state index contributed by atoms with van der Waals surface area (Å²) in [5.41, 5.74) is 3.10. The van der Waals surface area contributed by atoms with Gasteiger partial charge in [-0.05, 0) is 39.8 Å². The van der Waals surface area contributed by atoms with Gasteiger partial charge in [-0.1, -0.05) is 17.7 Å². The van der Waals surface area contributed by atoms with Gasteiger partial charge in [0.1, 0.15) is 5.56 Å². The monoisotopic (exact) mass is 368 g/mol. The van der Waals surface area contributed by atoms with Crippen LogP contribution in [0.5, 0.6) is 0 Å². The van der Waals surface area contributed by atoms with Gasteiger partial charge in [0.25, 0.3) is 5.56 Å². The summed E-state index contributed by atoms with van der Waals surface area (Å²) in [5, 5.41) is 2.76. The number of carbonyl (C=O) groups excluding carboxylic acids is 1. The number of hydrogen-bond acceptors (Lipinski definition) is 5. The van der Waals surface area contributed by atoms with Gasteiger partial charge in [0.2, 0.25) is 0 Å². The van der Waals surface area contributed by atoms with E-state index in [0.717, 1.165) is 5.69 Å². The third-order valence-electron chi connectivity index (χ3n) is 4.37. The maximum atomic E-state index is 12.4. The standard InChI is InChI=1S/C20H24N4O3/c1-5-27-20(26)17-11-21-24-18(25)10-15(22-19(17)24)12-23(13(2)3)16-8-6-14(4)7-9-16/h6-11,13,21H,5,12H2,1-4H3. The number of nitrogens with one attached hydrogen (secondary N) is 1. The zero-order valence-electron chi connectivity index (χ0n) is 16.0. The summed E-state index contributed by atoms with van der Waals surface area (Å²) in [4.78, 5) is 31.3. The summed E-state index contributed by atoms with van der Waals surface area (Å²) in [5.74, 6) is -0.500. The number of H-pyrrole nitrogens is 1. The van der Waals surface area contributed by atoms with Crippen molar-refractivity contribution in [3.8, 4) is 0 Å². The van der Waals surface area contributed by atoms with Crippen molar-refractivity contribution in [2.24, 2.45) is 0 Å². The Bertz CT molecular complexity index is 1000. The molecule has 1 aromatic carbocycles. The van der Waals surface area contributed by atoms with Crippen LogP contribution in [0.25, 0.3) is 5.65 Å². The van der Waals surface area contributed by atoms with E-state index in [1.54, 1.807) is 6.92 Å². The topological polar surface area (TPSA) is 79.7 Å². The van der Waals surface area contributed by atoms with Crippen LogP contribution in [0.15, 0.2) is 41.3 Å². The summed E-state index contributed by atoms with van der Waals surface area (Å²) in [6.07, 6.45) is 1.45. The number of anilines is 1. The minimum atomic E-state index is -0.500. The third-order valence-corrected chi connectivity index (χ3v) is 4.37. The van der Waals surface area contributed by atoms with Crippen LogP contribution < -0.4 is 10.5 Å². The van der Waals surface area contributed by atoms with Crippen LogP contribution >= 0.6 is 0 Å². The lowest BCUT2D eigenvalue weighted by Gasteiger charge is -2.28. The minimum Gasteiger partial charge on any atom is -0.462 e. The van der Waals surface area contributed by atoms with E-state index in [4.69, 9.17) is 4.74 Å². The molecule has 27 heavy (non-hydrogen) atoms. The van der Waals surface area contributed by atoms with E-state index in [0.29, 0.717) is 12.2 Å². The van der Waals surface area contributed by atoms with Gasteiger partial charge >= 0.3 is 5.97 Å².